The lowest BCUT2D eigenvalue weighted by molar-refractivity contribution is -0.134. The summed E-state index contributed by atoms with van der Waals surface area (Å²) in [6.45, 7) is 9.84. The number of phenols is 1. The van der Waals surface area contributed by atoms with Gasteiger partial charge in [0.15, 0.2) is 0 Å². The summed E-state index contributed by atoms with van der Waals surface area (Å²) in [6.07, 6.45) is 2.04. The first-order chi connectivity index (χ1) is 15.6. The number of carboxylic acids is 2. The highest BCUT2D eigenvalue weighted by molar-refractivity contribution is 5.89. The van der Waals surface area contributed by atoms with Crippen molar-refractivity contribution in [3.8, 4) is 5.75 Å². The molecule has 0 aromatic heterocycles. The molecule has 0 radical (unpaired) electrons. The molecule has 7 nitrogen and oxygen atoms in total. The fraction of sp³-hybridized carbons (Fsp3) is 0.385. The van der Waals surface area contributed by atoms with Crippen LogP contribution in [-0.4, -0.2) is 55.9 Å². The second-order valence-corrected chi connectivity index (χ2v) is 8.24. The van der Waals surface area contributed by atoms with Crippen LogP contribution < -0.4 is 0 Å². The highest BCUT2D eigenvalue weighted by atomic mass is 16.4. The molecule has 0 aliphatic heterocycles. The van der Waals surface area contributed by atoms with Crippen molar-refractivity contribution in [2.45, 2.75) is 58.7 Å². The number of nitrogens with zero attached hydrogens (tertiary/aromatic N) is 1. The van der Waals surface area contributed by atoms with Crippen LogP contribution in [0.4, 0.5) is 0 Å². The van der Waals surface area contributed by atoms with Crippen molar-refractivity contribution in [3.63, 3.8) is 0 Å². The van der Waals surface area contributed by atoms with Gasteiger partial charge in [0.2, 0.25) is 0 Å². The van der Waals surface area contributed by atoms with Crippen molar-refractivity contribution in [1.29, 1.82) is 0 Å². The van der Waals surface area contributed by atoms with Crippen molar-refractivity contribution in [3.05, 3.63) is 77.4 Å². The first kappa shape index (κ1) is 27.9. The monoisotopic (exact) mass is 457 g/mol. The van der Waals surface area contributed by atoms with Crippen molar-refractivity contribution in [2.75, 3.05) is 6.54 Å². The smallest absolute Gasteiger partial charge is 0.328 e. The number of carbonyl (C=O) groups is 2. The van der Waals surface area contributed by atoms with Crippen LogP contribution in [0.2, 0.25) is 0 Å². The van der Waals surface area contributed by atoms with Crippen LogP contribution >= 0.6 is 0 Å². The average Bonchev–Trinajstić information content (AvgIpc) is 2.76. The van der Waals surface area contributed by atoms with Gasteiger partial charge in [-0.1, -0.05) is 36.4 Å². The molecule has 180 valence electrons. The maximum absolute atomic E-state index is 10.5. The minimum absolute atomic E-state index is 0.0150. The lowest BCUT2D eigenvalue weighted by atomic mass is 9.86. The molecule has 0 aliphatic rings. The summed E-state index contributed by atoms with van der Waals surface area (Å²) in [5.74, 6) is -2.11. The minimum atomic E-state index is -1.26. The molecule has 0 fully saturated rings. The number of rotatable bonds is 10. The predicted molar refractivity (Wildman–Crippen MR) is 128 cm³/mol. The molecule has 0 spiro atoms. The van der Waals surface area contributed by atoms with Crippen LogP contribution in [0.3, 0.4) is 0 Å². The Morgan fingerprint density at radius 1 is 0.909 bits per heavy atom. The molecule has 2 aromatic carbocycles. The molecule has 2 aromatic rings. The summed E-state index contributed by atoms with van der Waals surface area (Å²) in [5, 5.41) is 35.6. The molecule has 1 atom stereocenters. The van der Waals surface area contributed by atoms with E-state index < -0.39 is 11.9 Å². The molecule has 2 rings (SSSR count). The van der Waals surface area contributed by atoms with E-state index in [1.54, 1.807) is 12.1 Å². The van der Waals surface area contributed by atoms with E-state index >= 15 is 0 Å². The van der Waals surface area contributed by atoms with E-state index in [9.17, 15) is 19.8 Å². The van der Waals surface area contributed by atoms with Gasteiger partial charge in [-0.3, -0.25) is 4.90 Å². The van der Waals surface area contributed by atoms with Gasteiger partial charge in [0.25, 0.3) is 0 Å². The Morgan fingerprint density at radius 2 is 1.45 bits per heavy atom. The number of benzene rings is 2. The molecule has 0 bridgehead atoms. The zero-order valence-electron chi connectivity index (χ0n) is 19.7. The van der Waals surface area contributed by atoms with Crippen LogP contribution in [-0.2, 0) is 16.2 Å². The van der Waals surface area contributed by atoms with Gasteiger partial charge in [-0.05, 0) is 63.9 Å². The molecule has 0 unspecified atom stereocenters. The molecular weight excluding hydrogens is 422 g/mol. The molecular formula is C26H35NO6. The third-order valence-electron chi connectivity index (χ3n) is 5.22. The maximum atomic E-state index is 10.5. The van der Waals surface area contributed by atoms with Crippen LogP contribution in [0.25, 0.3) is 0 Å². The second-order valence-electron chi connectivity index (χ2n) is 8.24. The Hall–Kier alpha value is -3.16. The third-order valence-corrected chi connectivity index (χ3v) is 5.22. The molecule has 33 heavy (non-hydrogen) atoms. The van der Waals surface area contributed by atoms with Crippen molar-refractivity contribution >= 4 is 11.9 Å². The number of aliphatic hydroxyl groups excluding tert-OH is 1. The van der Waals surface area contributed by atoms with Gasteiger partial charge in [0.1, 0.15) is 5.75 Å². The minimum Gasteiger partial charge on any atom is -0.508 e. The van der Waals surface area contributed by atoms with Gasteiger partial charge in [-0.2, -0.15) is 0 Å². The Bertz CT molecular complexity index is 884. The largest absolute Gasteiger partial charge is 0.508 e. The standard InChI is InChI=1S/C22H31NO2.C4H4O4/c1-16(2)23(17(3)4)13-12-20(19-8-6-5-7-9-19)21-14-18(15-24)10-11-22(21)25;5-3(6)1-2-4(7)8/h5-11,14,16-17,20,24-25H,12-13,15H2,1-4H3;1-2H,(H,5,6)(H,7,8)/t20-;/m1./s1. The van der Waals surface area contributed by atoms with Gasteiger partial charge in [0, 0.05) is 35.7 Å². The van der Waals surface area contributed by atoms with E-state index in [2.05, 4.69) is 44.7 Å². The predicted octanol–water partition coefficient (Wildman–Crippen LogP) is 4.24. The highest BCUT2D eigenvalue weighted by Crippen LogP contribution is 2.35. The summed E-state index contributed by atoms with van der Waals surface area (Å²) in [7, 11) is 0. The fourth-order valence-electron chi connectivity index (χ4n) is 3.70. The lowest BCUT2D eigenvalue weighted by Gasteiger charge is -2.32. The van der Waals surface area contributed by atoms with Crippen LogP contribution in [0.5, 0.6) is 5.75 Å². The first-order valence-electron chi connectivity index (χ1n) is 10.9. The first-order valence-corrected chi connectivity index (χ1v) is 10.9. The number of aliphatic hydroxyl groups is 1. The number of carboxylic acid groups (broad SMARTS) is 2. The Balaban J connectivity index is 0.000000582. The van der Waals surface area contributed by atoms with E-state index in [1.165, 1.54) is 5.56 Å². The normalized spacial score (nSPS) is 12.1. The quantitative estimate of drug-likeness (QED) is 0.394. The van der Waals surface area contributed by atoms with Gasteiger partial charge in [0.05, 0.1) is 6.61 Å². The number of aromatic hydroxyl groups is 1. The summed E-state index contributed by atoms with van der Waals surface area (Å²) in [6, 6.07) is 16.7. The molecule has 7 heteroatoms. The summed E-state index contributed by atoms with van der Waals surface area (Å²) >= 11 is 0. The van der Waals surface area contributed by atoms with E-state index in [4.69, 9.17) is 10.2 Å². The van der Waals surface area contributed by atoms with Gasteiger partial charge in [-0.15, -0.1) is 0 Å². The summed E-state index contributed by atoms with van der Waals surface area (Å²) in [5.41, 5.74) is 2.92. The molecule has 0 aliphatic carbocycles. The third kappa shape index (κ3) is 9.89. The van der Waals surface area contributed by atoms with Crippen molar-refractivity contribution < 1.29 is 30.0 Å². The topological polar surface area (TPSA) is 118 Å². The number of phenolic OH excluding ortho intramolecular Hbond substituents is 1. The Labute approximate surface area is 195 Å². The van der Waals surface area contributed by atoms with Crippen LogP contribution in [0.15, 0.2) is 60.7 Å². The van der Waals surface area contributed by atoms with E-state index in [0.29, 0.717) is 30.0 Å². The number of hydrogen-bond acceptors (Lipinski definition) is 5. The van der Waals surface area contributed by atoms with Gasteiger partial charge in [-0.25, -0.2) is 9.59 Å². The highest BCUT2D eigenvalue weighted by Gasteiger charge is 2.21. The SMILES string of the molecule is CC(C)N(CC[C@H](c1ccccc1)c1cc(CO)ccc1O)C(C)C.O=C(O)C=CC(=O)O. The zero-order chi connectivity index (χ0) is 25.0. The summed E-state index contributed by atoms with van der Waals surface area (Å²) < 4.78 is 0. The maximum Gasteiger partial charge on any atom is 0.328 e. The molecule has 0 saturated carbocycles. The van der Waals surface area contributed by atoms with Crippen LogP contribution in [0.1, 0.15) is 56.7 Å². The molecule has 0 heterocycles. The van der Waals surface area contributed by atoms with Crippen molar-refractivity contribution in [1.82, 2.24) is 4.90 Å². The zero-order valence-corrected chi connectivity index (χ0v) is 19.7. The van der Waals surface area contributed by atoms with E-state index in [-0.39, 0.29) is 12.5 Å². The molecule has 0 saturated heterocycles. The van der Waals surface area contributed by atoms with Crippen LogP contribution in [0, 0.1) is 0 Å². The number of hydrogen-bond donors (Lipinski definition) is 4. The Kier molecular flexibility index (Phi) is 11.9. The molecule has 0 amide bonds. The van der Waals surface area contributed by atoms with Gasteiger partial charge < -0.3 is 20.4 Å². The number of aliphatic carboxylic acids is 2. The van der Waals surface area contributed by atoms with Crippen molar-refractivity contribution in [2.24, 2.45) is 0 Å². The Morgan fingerprint density at radius 3 is 1.91 bits per heavy atom. The lowest BCUT2D eigenvalue weighted by Crippen LogP contribution is -2.38. The average molecular weight is 458 g/mol. The molecule has 4 N–H and O–H groups in total. The van der Waals surface area contributed by atoms with E-state index in [1.807, 2.05) is 24.3 Å². The summed E-state index contributed by atoms with van der Waals surface area (Å²) in [4.78, 5) is 21.6. The fourth-order valence-corrected chi connectivity index (χ4v) is 3.70. The second kappa shape index (κ2) is 14.1. The van der Waals surface area contributed by atoms with E-state index in [0.717, 1.165) is 24.1 Å². The van der Waals surface area contributed by atoms with Gasteiger partial charge >= 0.3 is 11.9 Å².